The maximum Gasteiger partial charge on any atom is 0.231 e. The highest BCUT2D eigenvalue weighted by Gasteiger charge is 2.52. The molecule has 1 saturated carbocycles. The third-order valence-electron chi connectivity index (χ3n) is 6.44. The average Bonchev–Trinajstić information content (AvgIpc) is 3.41. The zero-order valence-electron chi connectivity index (χ0n) is 18.1. The van der Waals surface area contributed by atoms with Crippen LogP contribution >= 0.6 is 39.1 Å². The fourth-order valence-corrected chi connectivity index (χ4v) is 5.29. The van der Waals surface area contributed by atoms with Gasteiger partial charge in [0.15, 0.2) is 0 Å². The highest BCUT2D eigenvalue weighted by atomic mass is 79.9. The van der Waals surface area contributed by atoms with Gasteiger partial charge in [-0.15, -0.1) is 0 Å². The van der Waals surface area contributed by atoms with Crippen molar-refractivity contribution in [2.45, 2.75) is 56.5 Å². The summed E-state index contributed by atoms with van der Waals surface area (Å²) < 4.78 is 1.04. The predicted molar refractivity (Wildman–Crippen MR) is 136 cm³/mol. The van der Waals surface area contributed by atoms with Crippen molar-refractivity contribution >= 4 is 50.8 Å². The highest BCUT2D eigenvalue weighted by molar-refractivity contribution is 9.10. The Morgan fingerprint density at radius 1 is 1.25 bits per heavy atom. The van der Waals surface area contributed by atoms with Crippen LogP contribution in [-0.4, -0.2) is 36.8 Å². The molecular weight excluding hydrogens is 509 g/mol. The number of carbonyl (C=O) groups excluding carboxylic acids is 1. The van der Waals surface area contributed by atoms with Gasteiger partial charge in [0.1, 0.15) is 0 Å². The first kappa shape index (κ1) is 23.7. The molecule has 7 heteroatoms. The van der Waals surface area contributed by atoms with E-state index in [1.807, 2.05) is 18.2 Å². The van der Waals surface area contributed by atoms with Crippen LogP contribution in [-0.2, 0) is 16.6 Å². The number of hydrogen-bond donors (Lipinski definition) is 2. The summed E-state index contributed by atoms with van der Waals surface area (Å²) in [6.07, 6.45) is 4.11. The van der Waals surface area contributed by atoms with Gasteiger partial charge in [0.25, 0.3) is 0 Å². The molecule has 2 aromatic carbocycles. The van der Waals surface area contributed by atoms with Gasteiger partial charge in [-0.2, -0.15) is 0 Å². The van der Waals surface area contributed by atoms with Crippen molar-refractivity contribution in [3.63, 3.8) is 0 Å². The van der Waals surface area contributed by atoms with Crippen LogP contribution in [0.4, 0.5) is 0 Å². The molecule has 1 amide bonds. The van der Waals surface area contributed by atoms with E-state index < -0.39 is 5.41 Å². The third kappa shape index (κ3) is 5.39. The molecule has 2 atom stereocenters. The highest BCUT2D eigenvalue weighted by Crippen LogP contribution is 2.51. The van der Waals surface area contributed by atoms with Crippen molar-refractivity contribution in [2.24, 2.45) is 4.99 Å². The SMILES string of the molecule is CCC(=NC1CCNC1)C(Cc1ccc(Br)cc1)NC(=O)C1(c2ccc(Cl)cc2Cl)CC1. The zero-order chi connectivity index (χ0) is 22.7. The molecule has 0 spiro atoms. The summed E-state index contributed by atoms with van der Waals surface area (Å²) in [4.78, 5) is 18.7. The van der Waals surface area contributed by atoms with Gasteiger partial charge in [-0.05, 0) is 74.0 Å². The van der Waals surface area contributed by atoms with Gasteiger partial charge in [-0.3, -0.25) is 9.79 Å². The Labute approximate surface area is 208 Å². The molecule has 2 aromatic rings. The maximum atomic E-state index is 13.6. The molecule has 2 N–H and O–H groups in total. The number of halogens is 3. The maximum absolute atomic E-state index is 13.6. The Morgan fingerprint density at radius 3 is 2.59 bits per heavy atom. The van der Waals surface area contributed by atoms with E-state index in [1.165, 1.54) is 5.56 Å². The number of nitrogens with one attached hydrogen (secondary N) is 2. The van der Waals surface area contributed by atoms with Gasteiger partial charge in [0.05, 0.1) is 17.5 Å². The molecule has 4 rings (SSSR count). The second kappa shape index (κ2) is 10.3. The minimum absolute atomic E-state index is 0.0227. The summed E-state index contributed by atoms with van der Waals surface area (Å²) in [5.41, 5.74) is 2.50. The van der Waals surface area contributed by atoms with E-state index in [0.29, 0.717) is 16.5 Å². The second-order valence-corrected chi connectivity index (χ2v) is 10.4. The van der Waals surface area contributed by atoms with Crippen molar-refractivity contribution in [1.82, 2.24) is 10.6 Å². The van der Waals surface area contributed by atoms with Crippen molar-refractivity contribution < 1.29 is 4.79 Å². The largest absolute Gasteiger partial charge is 0.347 e. The van der Waals surface area contributed by atoms with E-state index in [0.717, 1.165) is 54.5 Å². The molecule has 1 aliphatic carbocycles. The lowest BCUT2D eigenvalue weighted by Crippen LogP contribution is -2.47. The summed E-state index contributed by atoms with van der Waals surface area (Å²) in [7, 11) is 0. The van der Waals surface area contributed by atoms with Gasteiger partial charge in [0.2, 0.25) is 5.91 Å². The summed E-state index contributed by atoms with van der Waals surface area (Å²) in [6.45, 7) is 4.00. The molecular formula is C25H28BrCl2N3O. The van der Waals surface area contributed by atoms with E-state index in [4.69, 9.17) is 28.2 Å². The van der Waals surface area contributed by atoms with E-state index in [9.17, 15) is 4.79 Å². The summed E-state index contributed by atoms with van der Waals surface area (Å²) in [6, 6.07) is 13.8. The summed E-state index contributed by atoms with van der Waals surface area (Å²) in [5, 5.41) is 7.86. The Kier molecular flexibility index (Phi) is 7.61. The van der Waals surface area contributed by atoms with Gasteiger partial charge in [-0.25, -0.2) is 0 Å². The number of aliphatic imine (C=N–C) groups is 1. The molecule has 170 valence electrons. The molecule has 2 aliphatic rings. The summed E-state index contributed by atoms with van der Waals surface area (Å²) in [5.74, 6) is 0.0227. The van der Waals surface area contributed by atoms with Gasteiger partial charge < -0.3 is 10.6 Å². The topological polar surface area (TPSA) is 53.5 Å². The van der Waals surface area contributed by atoms with Gasteiger partial charge in [-0.1, -0.05) is 64.3 Å². The van der Waals surface area contributed by atoms with E-state index in [1.54, 1.807) is 12.1 Å². The average molecular weight is 537 g/mol. The van der Waals surface area contributed by atoms with Crippen molar-refractivity contribution in [1.29, 1.82) is 0 Å². The van der Waals surface area contributed by atoms with Crippen LogP contribution in [0, 0.1) is 0 Å². The van der Waals surface area contributed by atoms with Gasteiger partial charge >= 0.3 is 0 Å². The van der Waals surface area contributed by atoms with Crippen LogP contribution < -0.4 is 10.6 Å². The van der Waals surface area contributed by atoms with E-state index in [2.05, 4.69) is 45.6 Å². The van der Waals surface area contributed by atoms with Crippen LogP contribution in [0.15, 0.2) is 51.9 Å². The zero-order valence-corrected chi connectivity index (χ0v) is 21.2. The summed E-state index contributed by atoms with van der Waals surface area (Å²) >= 11 is 16.1. The molecule has 0 radical (unpaired) electrons. The molecule has 1 heterocycles. The normalized spacial score (nSPS) is 20.8. The number of amides is 1. The van der Waals surface area contributed by atoms with Crippen LogP contribution in [0.1, 0.15) is 43.7 Å². The number of carbonyl (C=O) groups is 1. The van der Waals surface area contributed by atoms with Crippen molar-refractivity contribution in [3.8, 4) is 0 Å². The van der Waals surface area contributed by atoms with Crippen LogP contribution in [0.3, 0.4) is 0 Å². The lowest BCUT2D eigenvalue weighted by Gasteiger charge is -2.25. The molecule has 0 aromatic heterocycles. The molecule has 32 heavy (non-hydrogen) atoms. The standard InChI is InChI=1S/C25H28BrCl2N3O/c1-2-22(30-19-9-12-29-15-19)23(13-16-3-5-17(26)6-4-16)31-24(32)25(10-11-25)20-8-7-18(27)14-21(20)28/h3-8,14,19,23,29H,2,9-13,15H2,1H3,(H,31,32). The first-order valence-corrected chi connectivity index (χ1v) is 12.7. The monoisotopic (exact) mass is 535 g/mol. The number of nitrogens with zero attached hydrogens (tertiary/aromatic N) is 1. The van der Waals surface area contributed by atoms with E-state index >= 15 is 0 Å². The van der Waals surface area contributed by atoms with E-state index in [-0.39, 0.29) is 18.0 Å². The molecule has 2 unspecified atom stereocenters. The number of benzene rings is 2. The third-order valence-corrected chi connectivity index (χ3v) is 7.51. The smallest absolute Gasteiger partial charge is 0.231 e. The van der Waals surface area contributed by atoms with Crippen LogP contribution in [0.25, 0.3) is 0 Å². The first-order chi connectivity index (χ1) is 15.4. The molecule has 0 bridgehead atoms. The predicted octanol–water partition coefficient (Wildman–Crippen LogP) is 5.73. The minimum Gasteiger partial charge on any atom is -0.347 e. The number of hydrogen-bond acceptors (Lipinski definition) is 3. The van der Waals surface area contributed by atoms with Crippen molar-refractivity contribution in [2.75, 3.05) is 13.1 Å². The van der Waals surface area contributed by atoms with Gasteiger partial charge in [0, 0.05) is 26.8 Å². The molecule has 2 fully saturated rings. The molecule has 1 saturated heterocycles. The molecule has 1 aliphatic heterocycles. The van der Waals surface area contributed by atoms with Crippen molar-refractivity contribution in [3.05, 3.63) is 68.1 Å². The molecule has 4 nitrogen and oxygen atoms in total. The lowest BCUT2D eigenvalue weighted by atomic mass is 9.93. The fourth-order valence-electron chi connectivity index (χ4n) is 4.44. The van der Waals surface area contributed by atoms with Crippen LogP contribution in [0.5, 0.6) is 0 Å². The van der Waals surface area contributed by atoms with Crippen LogP contribution in [0.2, 0.25) is 10.0 Å². The Balaban J connectivity index is 1.60. The second-order valence-electron chi connectivity index (χ2n) is 8.68. The fraction of sp³-hybridized carbons (Fsp3) is 0.440. The quantitative estimate of drug-likeness (QED) is 0.423. The Bertz CT molecular complexity index is 999. The Hall–Kier alpha value is -1.40. The first-order valence-electron chi connectivity index (χ1n) is 11.2. The lowest BCUT2D eigenvalue weighted by molar-refractivity contribution is -0.123. The Morgan fingerprint density at radius 2 is 2.00 bits per heavy atom. The number of rotatable bonds is 8. The minimum atomic E-state index is -0.576.